The summed E-state index contributed by atoms with van der Waals surface area (Å²) in [5.74, 6) is 0.960. The van der Waals surface area contributed by atoms with E-state index in [1.165, 1.54) is 10.9 Å². The smallest absolute Gasteiger partial charge is 0.133 e. The number of aromatic nitrogens is 1. The van der Waals surface area contributed by atoms with Gasteiger partial charge in [0.25, 0.3) is 0 Å². The van der Waals surface area contributed by atoms with Crippen LogP contribution in [0, 0.1) is 5.92 Å². The van der Waals surface area contributed by atoms with Gasteiger partial charge in [0.15, 0.2) is 0 Å². The summed E-state index contributed by atoms with van der Waals surface area (Å²) < 4.78 is 0. The number of ketones is 1. The van der Waals surface area contributed by atoms with Gasteiger partial charge in [-0.1, -0.05) is 18.2 Å². The molecule has 1 heterocycles. The third kappa shape index (κ3) is 2.07. The third-order valence-corrected chi connectivity index (χ3v) is 3.60. The monoisotopic (exact) mass is 225 g/mol. The Bertz CT molecular complexity index is 556. The Morgan fingerprint density at radius 3 is 2.94 bits per heavy atom. The molecular weight excluding hydrogens is 210 g/mol. The van der Waals surface area contributed by atoms with E-state index in [-0.39, 0.29) is 0 Å². The molecular formula is C15H15NO. The molecule has 1 aliphatic carbocycles. The van der Waals surface area contributed by atoms with E-state index in [1.807, 2.05) is 24.4 Å². The van der Waals surface area contributed by atoms with Gasteiger partial charge in [0.2, 0.25) is 0 Å². The van der Waals surface area contributed by atoms with Gasteiger partial charge in [0.05, 0.1) is 5.52 Å². The molecule has 1 aliphatic rings. The summed E-state index contributed by atoms with van der Waals surface area (Å²) in [7, 11) is 0. The molecule has 0 amide bonds. The number of carbonyl (C=O) groups is 1. The van der Waals surface area contributed by atoms with Crippen molar-refractivity contribution in [2.24, 2.45) is 5.92 Å². The average molecular weight is 225 g/mol. The Balaban J connectivity index is 1.92. The molecule has 0 N–H and O–H groups in total. The molecule has 3 rings (SSSR count). The van der Waals surface area contributed by atoms with Crippen LogP contribution in [0.15, 0.2) is 36.5 Å². The molecule has 17 heavy (non-hydrogen) atoms. The SMILES string of the molecule is O=C1CCC(Cc2ccnc3ccccc23)C1. The van der Waals surface area contributed by atoms with Crippen molar-refractivity contribution in [1.29, 1.82) is 0 Å². The molecule has 0 radical (unpaired) electrons. The van der Waals surface area contributed by atoms with Crippen LogP contribution in [-0.4, -0.2) is 10.8 Å². The number of pyridine rings is 1. The maximum absolute atomic E-state index is 11.3. The second-order valence-corrected chi connectivity index (χ2v) is 4.84. The molecule has 0 saturated heterocycles. The lowest BCUT2D eigenvalue weighted by atomic mass is 9.96. The number of hydrogen-bond acceptors (Lipinski definition) is 2. The topological polar surface area (TPSA) is 30.0 Å². The highest BCUT2D eigenvalue weighted by Gasteiger charge is 2.22. The van der Waals surface area contributed by atoms with Gasteiger partial charge in [-0.05, 0) is 36.5 Å². The highest BCUT2D eigenvalue weighted by Crippen LogP contribution is 2.28. The minimum absolute atomic E-state index is 0.424. The molecule has 86 valence electrons. The molecule has 2 heteroatoms. The number of benzene rings is 1. The van der Waals surface area contributed by atoms with E-state index in [1.54, 1.807) is 0 Å². The largest absolute Gasteiger partial charge is 0.300 e. The molecule has 1 aromatic carbocycles. The first-order valence-corrected chi connectivity index (χ1v) is 6.17. The van der Waals surface area contributed by atoms with Gasteiger partial charge in [-0.2, -0.15) is 0 Å². The molecule has 0 aliphatic heterocycles. The first-order chi connectivity index (χ1) is 8.33. The van der Waals surface area contributed by atoms with Crippen LogP contribution in [-0.2, 0) is 11.2 Å². The Kier molecular flexibility index (Phi) is 2.63. The number of hydrogen-bond donors (Lipinski definition) is 0. The summed E-state index contributed by atoms with van der Waals surface area (Å²) >= 11 is 0. The van der Waals surface area contributed by atoms with Crippen LogP contribution in [0.1, 0.15) is 24.8 Å². The van der Waals surface area contributed by atoms with Gasteiger partial charge >= 0.3 is 0 Å². The van der Waals surface area contributed by atoms with Crippen LogP contribution < -0.4 is 0 Å². The number of rotatable bonds is 2. The zero-order valence-electron chi connectivity index (χ0n) is 9.73. The molecule has 0 bridgehead atoms. The molecule has 2 aromatic rings. The predicted molar refractivity (Wildman–Crippen MR) is 67.8 cm³/mol. The van der Waals surface area contributed by atoms with E-state index in [4.69, 9.17) is 0 Å². The Hall–Kier alpha value is -1.70. The van der Waals surface area contributed by atoms with Crippen LogP contribution in [0.5, 0.6) is 0 Å². The maximum atomic E-state index is 11.3. The first-order valence-electron chi connectivity index (χ1n) is 6.17. The molecule has 1 unspecified atom stereocenters. The van der Waals surface area contributed by atoms with Crippen molar-refractivity contribution in [3.63, 3.8) is 0 Å². The van der Waals surface area contributed by atoms with E-state index in [2.05, 4.69) is 17.1 Å². The van der Waals surface area contributed by atoms with Gasteiger partial charge < -0.3 is 0 Å². The van der Waals surface area contributed by atoms with Crippen molar-refractivity contribution in [2.45, 2.75) is 25.7 Å². The Morgan fingerprint density at radius 1 is 1.24 bits per heavy atom. The number of carbonyl (C=O) groups excluding carboxylic acids is 1. The normalized spacial score (nSPS) is 20.0. The maximum Gasteiger partial charge on any atom is 0.133 e. The van der Waals surface area contributed by atoms with Gasteiger partial charge in [0.1, 0.15) is 5.78 Å². The fourth-order valence-electron chi connectivity index (χ4n) is 2.71. The second-order valence-electron chi connectivity index (χ2n) is 4.84. The lowest BCUT2D eigenvalue weighted by Crippen LogP contribution is -2.01. The van der Waals surface area contributed by atoms with E-state index in [0.29, 0.717) is 11.7 Å². The number of Topliss-reactive ketones (excluding diaryl/α,β-unsaturated/α-hetero) is 1. The number of nitrogens with zero attached hydrogens (tertiary/aromatic N) is 1. The Morgan fingerprint density at radius 2 is 2.12 bits per heavy atom. The van der Waals surface area contributed by atoms with Crippen LogP contribution >= 0.6 is 0 Å². The summed E-state index contributed by atoms with van der Waals surface area (Å²) in [6, 6.07) is 10.3. The predicted octanol–water partition coefficient (Wildman–Crippen LogP) is 3.15. The van der Waals surface area contributed by atoms with Gasteiger partial charge in [-0.15, -0.1) is 0 Å². The molecule has 1 fully saturated rings. The van der Waals surface area contributed by atoms with Gasteiger partial charge in [-0.25, -0.2) is 0 Å². The van der Waals surface area contributed by atoms with Gasteiger partial charge in [0, 0.05) is 24.4 Å². The summed E-state index contributed by atoms with van der Waals surface area (Å²) in [4.78, 5) is 15.7. The van der Waals surface area contributed by atoms with Crippen LogP contribution in [0.3, 0.4) is 0 Å². The van der Waals surface area contributed by atoms with E-state index in [0.717, 1.165) is 31.2 Å². The van der Waals surface area contributed by atoms with E-state index < -0.39 is 0 Å². The highest BCUT2D eigenvalue weighted by atomic mass is 16.1. The van der Waals surface area contributed by atoms with E-state index in [9.17, 15) is 4.79 Å². The average Bonchev–Trinajstić information content (AvgIpc) is 2.75. The van der Waals surface area contributed by atoms with Crippen LogP contribution in [0.4, 0.5) is 0 Å². The summed E-state index contributed by atoms with van der Waals surface area (Å²) in [5, 5.41) is 1.23. The zero-order chi connectivity index (χ0) is 11.7. The molecule has 1 saturated carbocycles. The van der Waals surface area contributed by atoms with E-state index >= 15 is 0 Å². The molecule has 2 nitrogen and oxygen atoms in total. The fraction of sp³-hybridized carbons (Fsp3) is 0.333. The lowest BCUT2D eigenvalue weighted by molar-refractivity contribution is -0.117. The quantitative estimate of drug-likeness (QED) is 0.785. The minimum Gasteiger partial charge on any atom is -0.300 e. The van der Waals surface area contributed by atoms with Crippen molar-refractivity contribution >= 4 is 16.7 Å². The number of para-hydroxylation sites is 1. The minimum atomic E-state index is 0.424. The lowest BCUT2D eigenvalue weighted by Gasteiger charge is -2.10. The first kappa shape index (κ1) is 10.5. The zero-order valence-corrected chi connectivity index (χ0v) is 9.73. The molecule has 0 spiro atoms. The standard InChI is InChI=1S/C15H15NO/c17-13-6-5-11(10-13)9-12-7-8-16-15-4-2-1-3-14(12)15/h1-4,7-8,11H,5-6,9-10H2. The summed E-state index contributed by atoms with van der Waals surface area (Å²) in [6.45, 7) is 0. The fourth-order valence-corrected chi connectivity index (χ4v) is 2.71. The Labute approximate surface area is 101 Å². The van der Waals surface area contributed by atoms with Crippen LogP contribution in [0.2, 0.25) is 0 Å². The van der Waals surface area contributed by atoms with Crippen molar-refractivity contribution in [3.8, 4) is 0 Å². The summed E-state index contributed by atoms with van der Waals surface area (Å²) in [6.07, 6.45) is 5.46. The second kappa shape index (κ2) is 4.28. The molecule has 1 aromatic heterocycles. The third-order valence-electron chi connectivity index (χ3n) is 3.60. The molecule has 1 atom stereocenters. The highest BCUT2D eigenvalue weighted by molar-refractivity contribution is 5.83. The van der Waals surface area contributed by atoms with Crippen molar-refractivity contribution in [3.05, 3.63) is 42.1 Å². The van der Waals surface area contributed by atoms with Crippen molar-refractivity contribution in [1.82, 2.24) is 4.98 Å². The van der Waals surface area contributed by atoms with Crippen LogP contribution in [0.25, 0.3) is 10.9 Å². The van der Waals surface area contributed by atoms with Crippen molar-refractivity contribution in [2.75, 3.05) is 0 Å². The summed E-state index contributed by atoms with van der Waals surface area (Å²) in [5.41, 5.74) is 2.38. The number of fused-ring (bicyclic) bond motifs is 1. The van der Waals surface area contributed by atoms with Crippen molar-refractivity contribution < 1.29 is 4.79 Å². The van der Waals surface area contributed by atoms with Gasteiger partial charge in [-0.3, -0.25) is 9.78 Å².